The predicted molar refractivity (Wildman–Crippen MR) is 76.0 cm³/mol. The molecule has 0 saturated carbocycles. The highest BCUT2D eigenvalue weighted by molar-refractivity contribution is 5.91. The summed E-state index contributed by atoms with van der Waals surface area (Å²) in [6, 6.07) is 5.22. The van der Waals surface area contributed by atoms with E-state index in [4.69, 9.17) is 10.5 Å². The Morgan fingerprint density at radius 1 is 1.35 bits per heavy atom. The van der Waals surface area contributed by atoms with Gasteiger partial charge in [-0.3, -0.25) is 0 Å². The van der Waals surface area contributed by atoms with Crippen molar-refractivity contribution < 1.29 is 9.53 Å². The second-order valence-corrected chi connectivity index (χ2v) is 4.98. The lowest BCUT2D eigenvalue weighted by molar-refractivity contribution is 0.0601. The Balaban J connectivity index is 2.02. The van der Waals surface area contributed by atoms with Crippen molar-refractivity contribution in [2.24, 2.45) is 0 Å². The number of esters is 1. The zero-order valence-electron chi connectivity index (χ0n) is 11.4. The van der Waals surface area contributed by atoms with Crippen molar-refractivity contribution in [3.63, 3.8) is 0 Å². The van der Waals surface area contributed by atoms with Gasteiger partial charge in [0.15, 0.2) is 0 Å². The van der Waals surface area contributed by atoms with Gasteiger partial charge in [-0.2, -0.15) is 0 Å². The molecule has 1 aliphatic rings. The lowest BCUT2D eigenvalue weighted by atomic mass is 10.0. The summed E-state index contributed by atoms with van der Waals surface area (Å²) in [7, 11) is 1.36. The second kappa shape index (κ2) is 5.00. The van der Waals surface area contributed by atoms with E-state index in [2.05, 4.69) is 4.98 Å². The molecular weight excluding hydrogens is 254 g/mol. The van der Waals surface area contributed by atoms with Crippen LogP contribution in [0.15, 0.2) is 24.5 Å². The number of imidazole rings is 1. The molecule has 1 aromatic carbocycles. The van der Waals surface area contributed by atoms with E-state index in [9.17, 15) is 4.79 Å². The summed E-state index contributed by atoms with van der Waals surface area (Å²) in [5, 5.41) is 0. The maximum Gasteiger partial charge on any atom is 0.337 e. The molecule has 0 bridgehead atoms. The fraction of sp³-hybridized carbons (Fsp3) is 0.333. The zero-order valence-corrected chi connectivity index (χ0v) is 11.4. The molecular formula is C15H17N3O2. The lowest BCUT2D eigenvalue weighted by Crippen LogP contribution is -2.09. The number of ether oxygens (including phenoxy) is 1. The van der Waals surface area contributed by atoms with Gasteiger partial charge in [0.2, 0.25) is 0 Å². The van der Waals surface area contributed by atoms with Crippen LogP contribution in [0.5, 0.6) is 0 Å². The predicted octanol–water partition coefficient (Wildman–Crippen LogP) is 2.12. The van der Waals surface area contributed by atoms with Crippen LogP contribution in [0, 0.1) is 0 Å². The number of rotatable bonds is 2. The number of carbonyl (C=O) groups excluding carboxylic acids is 1. The molecule has 0 aliphatic heterocycles. The van der Waals surface area contributed by atoms with Gasteiger partial charge in [-0.05, 0) is 43.9 Å². The van der Waals surface area contributed by atoms with Gasteiger partial charge in [0.05, 0.1) is 36.1 Å². The van der Waals surface area contributed by atoms with E-state index in [0.29, 0.717) is 11.3 Å². The summed E-state index contributed by atoms with van der Waals surface area (Å²) in [6.45, 7) is 0. The van der Waals surface area contributed by atoms with Crippen LogP contribution in [-0.2, 0) is 17.6 Å². The van der Waals surface area contributed by atoms with Gasteiger partial charge in [-0.1, -0.05) is 0 Å². The Morgan fingerprint density at radius 2 is 2.15 bits per heavy atom. The Hall–Kier alpha value is -2.30. The van der Waals surface area contributed by atoms with Crippen LogP contribution in [0.4, 0.5) is 5.69 Å². The van der Waals surface area contributed by atoms with Gasteiger partial charge in [-0.15, -0.1) is 0 Å². The molecule has 0 spiro atoms. The van der Waals surface area contributed by atoms with Crippen molar-refractivity contribution in [1.82, 2.24) is 9.55 Å². The van der Waals surface area contributed by atoms with Crippen LogP contribution in [0.2, 0.25) is 0 Å². The number of carbonyl (C=O) groups is 1. The molecule has 1 aliphatic carbocycles. The number of aryl methyl sites for hydroxylation is 1. The number of nitrogen functional groups attached to an aromatic ring is 1. The molecule has 1 aromatic heterocycles. The molecule has 0 saturated heterocycles. The van der Waals surface area contributed by atoms with Crippen molar-refractivity contribution in [3.8, 4) is 5.69 Å². The van der Waals surface area contributed by atoms with Crippen molar-refractivity contribution in [2.75, 3.05) is 12.8 Å². The second-order valence-electron chi connectivity index (χ2n) is 4.98. The van der Waals surface area contributed by atoms with Gasteiger partial charge in [0.1, 0.15) is 0 Å². The third-order valence-electron chi connectivity index (χ3n) is 3.74. The number of hydrogen-bond acceptors (Lipinski definition) is 4. The number of nitrogens with zero attached hydrogens (tertiary/aromatic N) is 2. The summed E-state index contributed by atoms with van der Waals surface area (Å²) in [4.78, 5) is 16.0. The molecule has 5 nitrogen and oxygen atoms in total. The Kier molecular flexibility index (Phi) is 3.18. The van der Waals surface area contributed by atoms with Gasteiger partial charge in [-0.25, -0.2) is 9.78 Å². The van der Waals surface area contributed by atoms with Crippen LogP contribution in [0.1, 0.15) is 34.6 Å². The summed E-state index contributed by atoms with van der Waals surface area (Å²) in [5.41, 5.74) is 10.4. The van der Waals surface area contributed by atoms with E-state index in [0.717, 1.165) is 24.2 Å². The van der Waals surface area contributed by atoms with Crippen molar-refractivity contribution >= 4 is 11.7 Å². The normalized spacial score (nSPS) is 13.8. The minimum absolute atomic E-state index is 0.379. The molecule has 0 amide bonds. The van der Waals surface area contributed by atoms with Gasteiger partial charge >= 0.3 is 5.97 Å². The first-order valence-electron chi connectivity index (χ1n) is 6.74. The summed E-state index contributed by atoms with van der Waals surface area (Å²) in [6.07, 6.45) is 6.25. The molecule has 2 N–H and O–H groups in total. The van der Waals surface area contributed by atoms with E-state index in [-0.39, 0.29) is 5.97 Å². The quantitative estimate of drug-likeness (QED) is 0.671. The first kappa shape index (κ1) is 12.7. The molecule has 2 aromatic rings. The SMILES string of the molecule is COC(=O)c1ccc(-n2cnc3c2CCCC3)c(N)c1. The van der Waals surface area contributed by atoms with Gasteiger partial charge in [0.25, 0.3) is 0 Å². The van der Waals surface area contributed by atoms with E-state index in [1.807, 2.05) is 17.0 Å². The van der Waals surface area contributed by atoms with Gasteiger partial charge < -0.3 is 15.0 Å². The minimum atomic E-state index is -0.379. The largest absolute Gasteiger partial charge is 0.465 e. The van der Waals surface area contributed by atoms with Crippen molar-refractivity contribution in [2.45, 2.75) is 25.7 Å². The number of nitrogens with two attached hydrogens (primary N) is 1. The average molecular weight is 271 g/mol. The molecule has 0 fully saturated rings. The molecule has 3 rings (SSSR count). The van der Waals surface area contributed by atoms with Crippen LogP contribution < -0.4 is 5.73 Å². The number of methoxy groups -OCH3 is 1. The van der Waals surface area contributed by atoms with Crippen LogP contribution in [-0.4, -0.2) is 22.6 Å². The molecule has 5 heteroatoms. The lowest BCUT2D eigenvalue weighted by Gasteiger charge is -2.15. The summed E-state index contributed by atoms with van der Waals surface area (Å²) in [5.74, 6) is -0.379. The maximum atomic E-state index is 11.5. The van der Waals surface area contributed by atoms with Crippen LogP contribution in [0.3, 0.4) is 0 Å². The van der Waals surface area contributed by atoms with E-state index < -0.39 is 0 Å². The summed E-state index contributed by atoms with van der Waals surface area (Å²) < 4.78 is 6.73. The highest BCUT2D eigenvalue weighted by Gasteiger charge is 2.17. The number of aromatic nitrogens is 2. The van der Waals surface area contributed by atoms with Crippen LogP contribution >= 0.6 is 0 Å². The Bertz CT molecular complexity index is 661. The topological polar surface area (TPSA) is 70.1 Å². The minimum Gasteiger partial charge on any atom is -0.465 e. The number of hydrogen-bond donors (Lipinski definition) is 1. The fourth-order valence-electron chi connectivity index (χ4n) is 2.70. The maximum absolute atomic E-state index is 11.5. The molecule has 1 heterocycles. The van der Waals surface area contributed by atoms with Crippen LogP contribution in [0.25, 0.3) is 5.69 Å². The first-order chi connectivity index (χ1) is 9.70. The van der Waals surface area contributed by atoms with Crippen molar-refractivity contribution in [3.05, 3.63) is 41.5 Å². The van der Waals surface area contributed by atoms with E-state index in [1.54, 1.807) is 12.1 Å². The number of benzene rings is 1. The number of fused-ring (bicyclic) bond motifs is 1. The molecule has 0 atom stereocenters. The van der Waals surface area contributed by atoms with Gasteiger partial charge in [0, 0.05) is 5.69 Å². The monoisotopic (exact) mass is 271 g/mol. The highest BCUT2D eigenvalue weighted by Crippen LogP contribution is 2.26. The molecule has 0 unspecified atom stereocenters. The Morgan fingerprint density at radius 3 is 2.90 bits per heavy atom. The smallest absolute Gasteiger partial charge is 0.337 e. The van der Waals surface area contributed by atoms with E-state index >= 15 is 0 Å². The third-order valence-corrected chi connectivity index (χ3v) is 3.74. The van der Waals surface area contributed by atoms with E-state index in [1.165, 1.54) is 25.6 Å². The highest BCUT2D eigenvalue weighted by atomic mass is 16.5. The summed E-state index contributed by atoms with van der Waals surface area (Å²) >= 11 is 0. The fourth-order valence-corrected chi connectivity index (χ4v) is 2.70. The molecule has 0 radical (unpaired) electrons. The molecule has 20 heavy (non-hydrogen) atoms. The Labute approximate surface area is 117 Å². The zero-order chi connectivity index (χ0) is 14.1. The number of anilines is 1. The molecule has 104 valence electrons. The average Bonchev–Trinajstić information content (AvgIpc) is 2.90. The third kappa shape index (κ3) is 2.05. The van der Waals surface area contributed by atoms with Crippen molar-refractivity contribution in [1.29, 1.82) is 0 Å². The first-order valence-corrected chi connectivity index (χ1v) is 6.74. The standard InChI is InChI=1S/C15H17N3O2/c1-20-15(19)10-6-7-13(11(16)8-10)18-9-17-12-4-2-3-5-14(12)18/h6-9H,2-5,16H2,1H3.